The molecule has 0 radical (unpaired) electrons. The number of amides is 1. The van der Waals surface area contributed by atoms with Crippen molar-refractivity contribution in [2.24, 2.45) is 5.92 Å². The lowest BCUT2D eigenvalue weighted by molar-refractivity contribution is -0.140. The van der Waals surface area contributed by atoms with Gasteiger partial charge in [-0.25, -0.2) is 4.39 Å². The third-order valence-corrected chi connectivity index (χ3v) is 5.13. The molecule has 132 valence electrons. The molecule has 0 N–H and O–H groups in total. The van der Waals surface area contributed by atoms with E-state index in [1.54, 1.807) is 12.1 Å². The molecule has 0 bridgehead atoms. The third kappa shape index (κ3) is 4.54. The predicted molar refractivity (Wildman–Crippen MR) is 91.1 cm³/mol. The summed E-state index contributed by atoms with van der Waals surface area (Å²) < 4.78 is 18.8. The zero-order valence-corrected chi connectivity index (χ0v) is 14.4. The lowest BCUT2D eigenvalue weighted by Gasteiger charge is -2.34. The van der Waals surface area contributed by atoms with Crippen molar-refractivity contribution < 1.29 is 13.9 Å². The summed E-state index contributed by atoms with van der Waals surface area (Å²) in [5.74, 6) is 0.689. The van der Waals surface area contributed by atoms with E-state index in [-0.39, 0.29) is 17.8 Å². The van der Waals surface area contributed by atoms with E-state index in [0.29, 0.717) is 26.2 Å². The van der Waals surface area contributed by atoms with Crippen LogP contribution in [0.3, 0.4) is 0 Å². The quantitative estimate of drug-likeness (QED) is 0.852. The Labute approximate surface area is 143 Å². The molecule has 0 aromatic heterocycles. The molecule has 4 nitrogen and oxygen atoms in total. The second-order valence-electron chi connectivity index (χ2n) is 7.06. The van der Waals surface area contributed by atoms with Gasteiger partial charge in [0.2, 0.25) is 5.91 Å². The van der Waals surface area contributed by atoms with Crippen LogP contribution < -0.4 is 0 Å². The highest BCUT2D eigenvalue weighted by Gasteiger charge is 2.27. The lowest BCUT2D eigenvalue weighted by atomic mass is 10.0. The number of benzene rings is 1. The first-order valence-corrected chi connectivity index (χ1v) is 8.99. The molecule has 0 saturated carbocycles. The molecule has 2 aliphatic rings. The van der Waals surface area contributed by atoms with Crippen LogP contribution in [-0.2, 0) is 9.53 Å². The molecule has 0 aliphatic carbocycles. The molecule has 1 aromatic rings. The van der Waals surface area contributed by atoms with Crippen LogP contribution in [0.15, 0.2) is 24.3 Å². The molecule has 1 aromatic carbocycles. The molecule has 0 spiro atoms. The maximum Gasteiger partial charge on any atom is 0.236 e. The maximum absolute atomic E-state index is 13.1. The van der Waals surface area contributed by atoms with E-state index in [1.165, 1.54) is 31.4 Å². The highest BCUT2D eigenvalue weighted by molar-refractivity contribution is 5.78. The van der Waals surface area contributed by atoms with Crippen molar-refractivity contribution in [3.8, 4) is 0 Å². The number of hydrogen-bond donors (Lipinski definition) is 0. The summed E-state index contributed by atoms with van der Waals surface area (Å²) >= 11 is 0. The Kier molecular flexibility index (Phi) is 5.85. The van der Waals surface area contributed by atoms with Crippen molar-refractivity contribution >= 4 is 5.91 Å². The molecule has 2 fully saturated rings. The van der Waals surface area contributed by atoms with E-state index in [2.05, 4.69) is 11.8 Å². The van der Waals surface area contributed by atoms with Gasteiger partial charge in [0.15, 0.2) is 0 Å². The number of carbonyl (C=O) groups excluding carboxylic acids is 1. The fourth-order valence-electron chi connectivity index (χ4n) is 3.53. The molecule has 5 heteroatoms. The van der Waals surface area contributed by atoms with E-state index in [9.17, 15) is 9.18 Å². The minimum absolute atomic E-state index is 0.160. The minimum atomic E-state index is -0.252. The highest BCUT2D eigenvalue weighted by Crippen LogP contribution is 2.23. The van der Waals surface area contributed by atoms with Crippen LogP contribution in [0.1, 0.15) is 37.9 Å². The first-order valence-electron chi connectivity index (χ1n) is 8.99. The van der Waals surface area contributed by atoms with Gasteiger partial charge in [-0.1, -0.05) is 19.1 Å². The van der Waals surface area contributed by atoms with Crippen molar-refractivity contribution in [1.29, 1.82) is 0 Å². The Balaban J connectivity index is 1.55. The van der Waals surface area contributed by atoms with Gasteiger partial charge in [0.25, 0.3) is 0 Å². The van der Waals surface area contributed by atoms with Crippen LogP contribution in [0.2, 0.25) is 0 Å². The number of halogens is 1. The second kappa shape index (κ2) is 8.08. The Morgan fingerprint density at radius 1 is 1.21 bits per heavy atom. The number of morpholine rings is 1. The number of carbonyl (C=O) groups is 1. The molecule has 0 unspecified atom stereocenters. The van der Waals surface area contributed by atoms with Gasteiger partial charge in [0, 0.05) is 6.54 Å². The van der Waals surface area contributed by atoms with Gasteiger partial charge in [-0.2, -0.15) is 0 Å². The Morgan fingerprint density at radius 2 is 2.00 bits per heavy atom. The van der Waals surface area contributed by atoms with E-state index in [4.69, 9.17) is 4.74 Å². The second-order valence-corrected chi connectivity index (χ2v) is 7.06. The van der Waals surface area contributed by atoms with Crippen LogP contribution in [-0.4, -0.2) is 55.0 Å². The van der Waals surface area contributed by atoms with Crippen LogP contribution in [0, 0.1) is 11.7 Å². The monoisotopic (exact) mass is 334 g/mol. The standard InChI is InChI=1S/C19H27FN2O2/c1-15-3-2-9-21(10-8-15)14-19(23)22-11-12-24-18(13-22)16-4-6-17(20)7-5-16/h4-7,15,18H,2-3,8-14H2,1H3/t15-,18-/m1/s1. The predicted octanol–water partition coefficient (Wildman–Crippen LogP) is 2.85. The van der Waals surface area contributed by atoms with E-state index in [0.717, 1.165) is 24.6 Å². The molecule has 1 amide bonds. The summed E-state index contributed by atoms with van der Waals surface area (Å²) in [6.45, 7) is 6.55. The molecule has 2 aliphatic heterocycles. The van der Waals surface area contributed by atoms with E-state index in [1.807, 2.05) is 4.90 Å². The summed E-state index contributed by atoms with van der Waals surface area (Å²) in [6, 6.07) is 6.37. The summed E-state index contributed by atoms with van der Waals surface area (Å²) in [4.78, 5) is 16.8. The summed E-state index contributed by atoms with van der Waals surface area (Å²) in [7, 11) is 0. The van der Waals surface area contributed by atoms with Gasteiger partial charge in [-0.3, -0.25) is 9.69 Å². The van der Waals surface area contributed by atoms with E-state index >= 15 is 0 Å². The third-order valence-electron chi connectivity index (χ3n) is 5.13. The smallest absolute Gasteiger partial charge is 0.236 e. The lowest BCUT2D eigenvalue weighted by Crippen LogP contribution is -2.46. The van der Waals surface area contributed by atoms with Gasteiger partial charge in [-0.15, -0.1) is 0 Å². The van der Waals surface area contributed by atoms with Crippen LogP contribution in [0.25, 0.3) is 0 Å². The Hall–Kier alpha value is -1.46. The summed E-state index contributed by atoms with van der Waals surface area (Å²) in [5.41, 5.74) is 0.928. The number of hydrogen-bond acceptors (Lipinski definition) is 3. The number of rotatable bonds is 3. The largest absolute Gasteiger partial charge is 0.370 e. The van der Waals surface area contributed by atoms with E-state index < -0.39 is 0 Å². The SMILES string of the molecule is C[C@@H]1CCCN(CC(=O)N2CCO[C@@H](c3ccc(F)cc3)C2)CC1. The van der Waals surface area contributed by atoms with Crippen LogP contribution >= 0.6 is 0 Å². The molecule has 24 heavy (non-hydrogen) atoms. The molecular formula is C19H27FN2O2. The zero-order chi connectivity index (χ0) is 16.9. The number of nitrogens with zero attached hydrogens (tertiary/aromatic N) is 2. The summed E-state index contributed by atoms with van der Waals surface area (Å²) in [6.07, 6.45) is 3.45. The van der Waals surface area contributed by atoms with Gasteiger partial charge in [0.1, 0.15) is 11.9 Å². The molecule has 2 atom stereocenters. The maximum atomic E-state index is 13.1. The first kappa shape index (κ1) is 17.4. The number of likely N-dealkylation sites (tertiary alicyclic amines) is 1. The highest BCUT2D eigenvalue weighted by atomic mass is 19.1. The van der Waals surface area contributed by atoms with Gasteiger partial charge in [-0.05, 0) is 56.0 Å². The molecule has 2 saturated heterocycles. The average molecular weight is 334 g/mol. The minimum Gasteiger partial charge on any atom is -0.370 e. The molecule has 3 rings (SSSR count). The first-order chi connectivity index (χ1) is 11.6. The normalized spacial score (nSPS) is 26.2. The van der Waals surface area contributed by atoms with Crippen LogP contribution in [0.5, 0.6) is 0 Å². The van der Waals surface area contributed by atoms with Gasteiger partial charge >= 0.3 is 0 Å². The van der Waals surface area contributed by atoms with Gasteiger partial charge in [0.05, 0.1) is 19.7 Å². The number of ether oxygens (including phenoxy) is 1. The van der Waals surface area contributed by atoms with Crippen molar-refractivity contribution in [3.63, 3.8) is 0 Å². The zero-order valence-electron chi connectivity index (χ0n) is 14.4. The summed E-state index contributed by atoms with van der Waals surface area (Å²) in [5, 5.41) is 0. The van der Waals surface area contributed by atoms with Crippen molar-refractivity contribution in [2.75, 3.05) is 39.3 Å². The Bertz CT molecular complexity index is 549. The average Bonchev–Trinajstić information content (AvgIpc) is 2.80. The topological polar surface area (TPSA) is 32.8 Å². The Morgan fingerprint density at radius 3 is 2.79 bits per heavy atom. The molecular weight excluding hydrogens is 307 g/mol. The van der Waals surface area contributed by atoms with Crippen molar-refractivity contribution in [2.45, 2.75) is 32.3 Å². The van der Waals surface area contributed by atoms with Crippen LogP contribution in [0.4, 0.5) is 4.39 Å². The van der Waals surface area contributed by atoms with Crippen molar-refractivity contribution in [3.05, 3.63) is 35.6 Å². The fraction of sp³-hybridized carbons (Fsp3) is 0.632. The fourth-order valence-corrected chi connectivity index (χ4v) is 3.53. The van der Waals surface area contributed by atoms with Gasteiger partial charge < -0.3 is 9.64 Å². The molecule has 2 heterocycles. The van der Waals surface area contributed by atoms with Crippen molar-refractivity contribution in [1.82, 2.24) is 9.80 Å².